The normalized spacial score (nSPS) is 14.4. The van der Waals surface area contributed by atoms with Crippen molar-refractivity contribution in [3.63, 3.8) is 0 Å². The van der Waals surface area contributed by atoms with Gasteiger partial charge in [-0.15, -0.1) is 0 Å². The average Bonchev–Trinajstić information content (AvgIpc) is 0.900. The summed E-state index contributed by atoms with van der Waals surface area (Å²) in [7, 11) is -9.93. The molecule has 0 aliphatic heterocycles. The van der Waals surface area contributed by atoms with Crippen LogP contribution in [-0.2, 0) is 65.4 Å². The van der Waals surface area contributed by atoms with Gasteiger partial charge in [0.25, 0.3) is 0 Å². The van der Waals surface area contributed by atoms with Gasteiger partial charge in [-0.3, -0.25) is 37.3 Å². The first-order valence-corrected chi connectivity index (χ1v) is 47.9. The Balaban J connectivity index is 5.26. The largest absolute Gasteiger partial charge is 0.472 e. The van der Waals surface area contributed by atoms with E-state index in [1.807, 2.05) is 0 Å². The number of carbonyl (C=O) groups is 4. The van der Waals surface area contributed by atoms with Crippen molar-refractivity contribution in [1.29, 1.82) is 0 Å². The first-order valence-electron chi connectivity index (χ1n) is 44.9. The predicted octanol–water partition coefficient (Wildman–Crippen LogP) is 26.5. The van der Waals surface area contributed by atoms with E-state index in [2.05, 4.69) is 48.5 Å². The molecule has 0 radical (unpaired) electrons. The fraction of sp³-hybridized carbons (Fsp3) is 0.954. The number of ether oxygens (including phenoxy) is 4. The molecule has 0 amide bonds. The zero-order valence-electron chi connectivity index (χ0n) is 69.9. The molecule has 17 nitrogen and oxygen atoms in total. The highest BCUT2D eigenvalue weighted by atomic mass is 31.2. The summed E-state index contributed by atoms with van der Waals surface area (Å²) in [4.78, 5) is 73.3. The Morgan fingerprint density at radius 1 is 0.274 bits per heavy atom. The second-order valence-corrected chi connectivity index (χ2v) is 35.1. The first-order chi connectivity index (χ1) is 51.3. The number of aliphatic hydroxyl groups excluding tert-OH is 1. The van der Waals surface area contributed by atoms with Crippen LogP contribution in [0.1, 0.15) is 459 Å². The van der Waals surface area contributed by atoms with Crippen LogP contribution in [0.2, 0.25) is 0 Å². The van der Waals surface area contributed by atoms with Crippen molar-refractivity contribution in [2.45, 2.75) is 478 Å². The van der Waals surface area contributed by atoms with Crippen molar-refractivity contribution >= 4 is 39.5 Å². The number of hydrogen-bond acceptors (Lipinski definition) is 15. The molecule has 0 aromatic carbocycles. The quantitative estimate of drug-likeness (QED) is 0.0222. The van der Waals surface area contributed by atoms with Crippen LogP contribution < -0.4 is 0 Å². The molecule has 7 atom stereocenters. The molecule has 0 rings (SSSR count). The van der Waals surface area contributed by atoms with Crippen molar-refractivity contribution in [1.82, 2.24) is 0 Å². The molecule has 0 fully saturated rings. The number of aliphatic hydroxyl groups is 1. The van der Waals surface area contributed by atoms with E-state index < -0.39 is 97.5 Å². The summed E-state index contributed by atoms with van der Waals surface area (Å²) in [6, 6.07) is 0. The lowest BCUT2D eigenvalue weighted by Gasteiger charge is -2.21. The van der Waals surface area contributed by atoms with Crippen LogP contribution in [0.5, 0.6) is 0 Å². The van der Waals surface area contributed by atoms with Crippen LogP contribution in [0.4, 0.5) is 0 Å². The van der Waals surface area contributed by atoms with Crippen molar-refractivity contribution in [2.75, 3.05) is 39.6 Å². The molecule has 0 aliphatic carbocycles. The smallest absolute Gasteiger partial charge is 0.462 e. The van der Waals surface area contributed by atoms with Gasteiger partial charge in [-0.2, -0.15) is 0 Å². The van der Waals surface area contributed by atoms with Crippen LogP contribution in [0.3, 0.4) is 0 Å². The maximum absolute atomic E-state index is 13.2. The zero-order valence-corrected chi connectivity index (χ0v) is 71.7. The van der Waals surface area contributed by atoms with Gasteiger partial charge in [0, 0.05) is 25.7 Å². The fourth-order valence-corrected chi connectivity index (χ4v) is 15.1. The van der Waals surface area contributed by atoms with Gasteiger partial charge in [0.2, 0.25) is 0 Å². The molecule has 3 N–H and O–H groups in total. The highest BCUT2D eigenvalue weighted by molar-refractivity contribution is 7.47. The molecule has 0 spiro atoms. The van der Waals surface area contributed by atoms with Crippen LogP contribution >= 0.6 is 15.6 Å². The minimum absolute atomic E-state index is 0.106. The number of unbranched alkanes of at least 4 members (excludes halogenated alkanes) is 51. The molecule has 0 bridgehead atoms. The predicted molar refractivity (Wildman–Crippen MR) is 437 cm³/mol. The molecular weight excluding hydrogens is 1380 g/mol. The molecule has 630 valence electrons. The summed E-state index contributed by atoms with van der Waals surface area (Å²) in [5.41, 5.74) is 0. The lowest BCUT2D eigenvalue weighted by atomic mass is 9.99. The fourth-order valence-electron chi connectivity index (χ4n) is 13.5. The van der Waals surface area contributed by atoms with Gasteiger partial charge in [0.05, 0.1) is 26.4 Å². The Morgan fingerprint density at radius 3 is 0.717 bits per heavy atom. The van der Waals surface area contributed by atoms with Gasteiger partial charge in [-0.05, 0) is 43.4 Å². The zero-order chi connectivity index (χ0) is 77.9. The molecule has 0 heterocycles. The lowest BCUT2D eigenvalue weighted by molar-refractivity contribution is -0.161. The first kappa shape index (κ1) is 104. The molecule has 0 aromatic heterocycles. The van der Waals surface area contributed by atoms with E-state index in [-0.39, 0.29) is 25.7 Å². The molecule has 19 heteroatoms. The maximum atomic E-state index is 13.2. The van der Waals surface area contributed by atoms with Crippen molar-refractivity contribution < 1.29 is 80.2 Å². The van der Waals surface area contributed by atoms with Crippen LogP contribution in [0.15, 0.2) is 0 Å². The van der Waals surface area contributed by atoms with Crippen molar-refractivity contribution in [3.8, 4) is 0 Å². The molecule has 0 aliphatic rings. The Bertz CT molecular complexity index is 2050. The van der Waals surface area contributed by atoms with E-state index >= 15 is 0 Å². The molecule has 4 unspecified atom stereocenters. The Kier molecular flexibility index (Phi) is 75.6. The molecule has 0 saturated heterocycles. The third-order valence-electron chi connectivity index (χ3n) is 21.1. The molecule has 0 saturated carbocycles. The highest BCUT2D eigenvalue weighted by Crippen LogP contribution is 2.45. The standard InChI is InChI=1S/C87H170O17P2/c1-8-11-12-13-14-15-16-17-18-19-20-21-22-23-24-29-32-42-49-56-63-70-86(91)103-82(74-97-84(89)68-61-54-47-40-31-28-26-25-27-30-38-45-52-59-66-79(6)9-2)76-101-105(93,94)99-72-81(88)73-100-106(95,96)102-77-83(75-98-85(90)69-62-55-48-41-35-33-37-44-51-58-65-78(4)5)104-87(92)71-64-57-50-43-36-34-39-46-53-60-67-80(7)10-3/h78-83,88H,8-77H2,1-7H3,(H,93,94)(H,95,96)/t79?,80?,81-,82-,83-/m1/s1. The minimum atomic E-state index is -4.97. The number of rotatable bonds is 85. The van der Waals surface area contributed by atoms with Crippen LogP contribution in [0, 0.1) is 17.8 Å². The maximum Gasteiger partial charge on any atom is 0.472 e. The van der Waals surface area contributed by atoms with Gasteiger partial charge in [0.1, 0.15) is 19.3 Å². The molecular formula is C87H170O17P2. The van der Waals surface area contributed by atoms with E-state index in [9.17, 15) is 43.2 Å². The van der Waals surface area contributed by atoms with E-state index in [1.54, 1.807) is 0 Å². The summed E-state index contributed by atoms with van der Waals surface area (Å²) in [5, 5.41) is 10.7. The molecule has 0 aromatic rings. The SMILES string of the molecule is CCCCCCCCCCCCCCCCCCCCCCCC(=O)O[C@H](COC(=O)CCCCCCCCCCCCCCCCC(C)CC)COP(=O)(O)OC[C@@H](O)COP(=O)(O)OC[C@@H](COC(=O)CCCCCCCCCCCCC(C)C)OC(=O)CCCCCCCCCCCCC(C)CC. The number of hydrogen-bond donors (Lipinski definition) is 3. The van der Waals surface area contributed by atoms with E-state index in [4.69, 9.17) is 37.0 Å². The summed E-state index contributed by atoms with van der Waals surface area (Å²) in [5.74, 6) is 0.308. The third kappa shape index (κ3) is 77.4. The van der Waals surface area contributed by atoms with Crippen LogP contribution in [-0.4, -0.2) is 96.7 Å². The lowest BCUT2D eigenvalue weighted by Crippen LogP contribution is -2.30. The summed E-state index contributed by atoms with van der Waals surface area (Å²) >= 11 is 0. The highest BCUT2D eigenvalue weighted by Gasteiger charge is 2.31. The number of phosphoric acid groups is 2. The van der Waals surface area contributed by atoms with Gasteiger partial charge in [-0.25, -0.2) is 9.13 Å². The van der Waals surface area contributed by atoms with Gasteiger partial charge in [0.15, 0.2) is 12.2 Å². The Labute approximate surface area is 651 Å². The van der Waals surface area contributed by atoms with Crippen molar-refractivity contribution in [3.05, 3.63) is 0 Å². The van der Waals surface area contributed by atoms with Gasteiger partial charge < -0.3 is 33.8 Å². The van der Waals surface area contributed by atoms with Crippen LogP contribution in [0.25, 0.3) is 0 Å². The molecule has 106 heavy (non-hydrogen) atoms. The number of phosphoric ester groups is 2. The third-order valence-corrected chi connectivity index (χ3v) is 23.0. The van der Waals surface area contributed by atoms with Gasteiger partial charge in [-0.1, -0.05) is 408 Å². The summed E-state index contributed by atoms with van der Waals surface area (Å²) in [6.45, 7) is 12.1. The minimum Gasteiger partial charge on any atom is -0.462 e. The van der Waals surface area contributed by atoms with E-state index in [1.165, 1.54) is 270 Å². The average molecular weight is 1550 g/mol. The topological polar surface area (TPSA) is 237 Å². The number of esters is 4. The van der Waals surface area contributed by atoms with Gasteiger partial charge >= 0.3 is 39.5 Å². The second kappa shape index (κ2) is 77.0. The second-order valence-electron chi connectivity index (χ2n) is 32.2. The van der Waals surface area contributed by atoms with E-state index in [0.717, 1.165) is 108 Å². The Hall–Kier alpha value is -1.94. The summed E-state index contributed by atoms with van der Waals surface area (Å²) in [6.07, 6.45) is 67.9. The number of carbonyl (C=O) groups excluding carboxylic acids is 4. The summed E-state index contributed by atoms with van der Waals surface area (Å²) < 4.78 is 69.0. The van der Waals surface area contributed by atoms with Crippen molar-refractivity contribution in [2.24, 2.45) is 17.8 Å². The van der Waals surface area contributed by atoms with E-state index in [0.29, 0.717) is 25.7 Å². The Morgan fingerprint density at radius 2 is 0.481 bits per heavy atom. The monoisotopic (exact) mass is 1550 g/mol.